The topological polar surface area (TPSA) is 70.2 Å². The van der Waals surface area contributed by atoms with E-state index in [9.17, 15) is 0 Å². The summed E-state index contributed by atoms with van der Waals surface area (Å²) < 4.78 is 5.56. The first kappa shape index (κ1) is 24.7. The normalized spacial score (nSPS) is 17.8. The lowest BCUT2D eigenvalue weighted by molar-refractivity contribution is 0.414. The van der Waals surface area contributed by atoms with Crippen molar-refractivity contribution in [2.24, 2.45) is 5.92 Å². The van der Waals surface area contributed by atoms with Crippen molar-refractivity contribution in [3.63, 3.8) is 0 Å². The number of benzene rings is 2. The fourth-order valence-electron chi connectivity index (χ4n) is 6.18. The number of aromatic amines is 1. The van der Waals surface area contributed by atoms with Crippen LogP contribution >= 0.6 is 0 Å². The quantitative estimate of drug-likeness (QED) is 0.342. The maximum atomic E-state index is 5.56. The Morgan fingerprint density at radius 1 is 1.08 bits per heavy atom. The molecule has 198 valence electrons. The molecule has 0 radical (unpaired) electrons. The summed E-state index contributed by atoms with van der Waals surface area (Å²) in [5, 5.41) is 8.60. The van der Waals surface area contributed by atoms with Crippen molar-refractivity contribution in [1.29, 1.82) is 0 Å². The maximum Gasteiger partial charge on any atom is 0.162 e. The first-order chi connectivity index (χ1) is 18.4. The van der Waals surface area contributed by atoms with Crippen LogP contribution in [0.4, 0.5) is 11.5 Å². The third-order valence-electron chi connectivity index (χ3n) is 8.25. The average molecular weight is 511 g/mol. The van der Waals surface area contributed by atoms with Gasteiger partial charge in [-0.2, -0.15) is 5.10 Å². The molecule has 2 aromatic carbocycles. The van der Waals surface area contributed by atoms with E-state index in [0.29, 0.717) is 11.8 Å². The number of ether oxygens (including phenoxy) is 1. The van der Waals surface area contributed by atoms with E-state index >= 15 is 0 Å². The van der Waals surface area contributed by atoms with E-state index in [-0.39, 0.29) is 0 Å². The van der Waals surface area contributed by atoms with Gasteiger partial charge in [0.1, 0.15) is 11.6 Å². The second-order valence-electron chi connectivity index (χ2n) is 11.3. The van der Waals surface area contributed by atoms with E-state index in [4.69, 9.17) is 14.7 Å². The molecule has 1 fully saturated rings. The number of H-pyrrole nitrogens is 1. The molecule has 1 saturated heterocycles. The zero-order valence-corrected chi connectivity index (χ0v) is 23.2. The van der Waals surface area contributed by atoms with Crippen LogP contribution in [0.1, 0.15) is 61.9 Å². The van der Waals surface area contributed by atoms with Crippen molar-refractivity contribution < 1.29 is 4.74 Å². The molecule has 4 heterocycles. The van der Waals surface area contributed by atoms with Crippen molar-refractivity contribution in [3.05, 3.63) is 58.9 Å². The van der Waals surface area contributed by atoms with Gasteiger partial charge in [-0.25, -0.2) is 9.97 Å². The molecular weight excluding hydrogens is 472 g/mol. The second kappa shape index (κ2) is 9.93. The van der Waals surface area contributed by atoms with Gasteiger partial charge in [0.25, 0.3) is 0 Å². The van der Waals surface area contributed by atoms with Gasteiger partial charge >= 0.3 is 0 Å². The average Bonchev–Trinajstić information content (AvgIpc) is 3.41. The van der Waals surface area contributed by atoms with Crippen molar-refractivity contribution in [2.45, 2.75) is 59.4 Å². The van der Waals surface area contributed by atoms with Gasteiger partial charge in [-0.15, -0.1) is 0 Å². The Morgan fingerprint density at radius 3 is 2.74 bits per heavy atom. The minimum absolute atomic E-state index is 0.355. The Bertz CT molecular complexity index is 1480. The Kier molecular flexibility index (Phi) is 6.46. The zero-order valence-electron chi connectivity index (χ0n) is 23.2. The number of piperidine rings is 1. The van der Waals surface area contributed by atoms with E-state index in [1.165, 1.54) is 40.9 Å². The lowest BCUT2D eigenvalue weighted by Gasteiger charge is -2.37. The van der Waals surface area contributed by atoms with Crippen LogP contribution in [0.3, 0.4) is 0 Å². The molecule has 2 aliphatic rings. The Hall–Kier alpha value is -3.61. The molecular formula is C31H38N6O. The molecule has 2 aliphatic heterocycles. The van der Waals surface area contributed by atoms with Crippen LogP contribution in [0.2, 0.25) is 0 Å². The van der Waals surface area contributed by atoms with Gasteiger partial charge in [-0.3, -0.25) is 5.10 Å². The standard InChI is InChI=1S/C31H38N6O/c1-19(2)23-10-11-27-24(16-32-35-27)29(23)30-33-26-12-14-36(28-15-22(38-5)9-8-21(28)4)18-25(26)31(34-30)37-13-6-7-20(3)17-37/h8-11,15-16,19-20H,6-7,12-14,17-18H2,1-5H3,(H,32,35). The SMILES string of the molecule is COc1ccc(C)c(N2CCc3nc(-c4c(C(C)C)ccc5[nH]ncc45)nc(N4CCCC(C)C4)c3C2)c1. The number of aromatic nitrogens is 4. The van der Waals surface area contributed by atoms with E-state index in [2.05, 4.69) is 72.0 Å². The number of hydrogen-bond acceptors (Lipinski definition) is 6. The van der Waals surface area contributed by atoms with Crippen LogP contribution in [0.5, 0.6) is 5.75 Å². The molecule has 7 heteroatoms. The Labute approximate surface area is 225 Å². The Balaban J connectivity index is 1.50. The minimum Gasteiger partial charge on any atom is -0.497 e. The molecule has 0 spiro atoms. The number of rotatable bonds is 5. The summed E-state index contributed by atoms with van der Waals surface area (Å²) in [7, 11) is 1.73. The number of hydrogen-bond donors (Lipinski definition) is 1. The fourth-order valence-corrected chi connectivity index (χ4v) is 6.18. The molecule has 7 nitrogen and oxygen atoms in total. The highest BCUT2D eigenvalue weighted by Crippen LogP contribution is 2.39. The molecule has 4 aromatic rings. The van der Waals surface area contributed by atoms with Gasteiger partial charge in [-0.1, -0.05) is 32.9 Å². The van der Waals surface area contributed by atoms with E-state index in [1.54, 1.807) is 7.11 Å². The highest BCUT2D eigenvalue weighted by molar-refractivity contribution is 5.95. The molecule has 2 aromatic heterocycles. The molecule has 1 N–H and O–H groups in total. The number of fused-ring (bicyclic) bond motifs is 2. The zero-order chi connectivity index (χ0) is 26.4. The number of nitrogens with one attached hydrogen (secondary N) is 1. The predicted molar refractivity (Wildman–Crippen MR) is 154 cm³/mol. The summed E-state index contributed by atoms with van der Waals surface area (Å²) in [6.07, 6.45) is 5.28. The van der Waals surface area contributed by atoms with Gasteiger partial charge in [0, 0.05) is 60.9 Å². The molecule has 1 unspecified atom stereocenters. The smallest absolute Gasteiger partial charge is 0.162 e. The molecule has 0 amide bonds. The van der Waals surface area contributed by atoms with E-state index in [0.717, 1.165) is 66.5 Å². The summed E-state index contributed by atoms with van der Waals surface area (Å²) >= 11 is 0. The predicted octanol–water partition coefficient (Wildman–Crippen LogP) is 6.26. The summed E-state index contributed by atoms with van der Waals surface area (Å²) in [4.78, 5) is 15.7. The van der Waals surface area contributed by atoms with Gasteiger partial charge in [0.15, 0.2) is 5.82 Å². The van der Waals surface area contributed by atoms with Gasteiger partial charge in [-0.05, 0) is 54.9 Å². The van der Waals surface area contributed by atoms with Gasteiger partial charge in [0.05, 0.1) is 24.5 Å². The molecule has 0 aliphatic carbocycles. The summed E-state index contributed by atoms with van der Waals surface area (Å²) in [6.45, 7) is 12.8. The molecule has 38 heavy (non-hydrogen) atoms. The lowest BCUT2D eigenvalue weighted by Crippen LogP contribution is -2.38. The third kappa shape index (κ3) is 4.38. The van der Waals surface area contributed by atoms with Crippen molar-refractivity contribution in [3.8, 4) is 17.1 Å². The van der Waals surface area contributed by atoms with Crippen LogP contribution in [-0.2, 0) is 13.0 Å². The second-order valence-corrected chi connectivity index (χ2v) is 11.3. The van der Waals surface area contributed by atoms with Crippen LogP contribution < -0.4 is 14.5 Å². The molecule has 1 atom stereocenters. The molecule has 0 saturated carbocycles. The first-order valence-corrected chi connectivity index (χ1v) is 13.9. The summed E-state index contributed by atoms with van der Waals surface area (Å²) in [5.74, 6) is 3.84. The van der Waals surface area contributed by atoms with Crippen molar-refractivity contribution in [1.82, 2.24) is 20.2 Å². The van der Waals surface area contributed by atoms with Gasteiger partial charge < -0.3 is 14.5 Å². The van der Waals surface area contributed by atoms with Crippen LogP contribution in [0.25, 0.3) is 22.3 Å². The highest BCUT2D eigenvalue weighted by atomic mass is 16.5. The molecule has 6 rings (SSSR count). The van der Waals surface area contributed by atoms with Crippen LogP contribution in [-0.4, -0.2) is 46.9 Å². The number of methoxy groups -OCH3 is 1. The maximum absolute atomic E-state index is 5.56. The number of nitrogens with zero attached hydrogens (tertiary/aromatic N) is 5. The fraction of sp³-hybridized carbons (Fsp3) is 0.452. The van der Waals surface area contributed by atoms with Crippen LogP contribution in [0, 0.1) is 12.8 Å². The summed E-state index contributed by atoms with van der Waals surface area (Å²) in [5.41, 5.74) is 8.33. The molecule has 0 bridgehead atoms. The van der Waals surface area contributed by atoms with Gasteiger partial charge in [0.2, 0.25) is 0 Å². The summed E-state index contributed by atoms with van der Waals surface area (Å²) in [6, 6.07) is 10.7. The van der Waals surface area contributed by atoms with E-state index < -0.39 is 0 Å². The minimum atomic E-state index is 0.355. The first-order valence-electron chi connectivity index (χ1n) is 13.9. The monoisotopic (exact) mass is 510 g/mol. The number of anilines is 2. The lowest BCUT2D eigenvalue weighted by atomic mass is 9.93. The number of aryl methyl sites for hydroxylation is 1. The van der Waals surface area contributed by atoms with Crippen molar-refractivity contribution in [2.75, 3.05) is 36.5 Å². The Morgan fingerprint density at radius 2 is 1.95 bits per heavy atom. The van der Waals surface area contributed by atoms with Crippen LogP contribution in [0.15, 0.2) is 36.5 Å². The third-order valence-corrected chi connectivity index (χ3v) is 8.25. The van der Waals surface area contributed by atoms with Crippen molar-refractivity contribution >= 4 is 22.4 Å². The highest BCUT2D eigenvalue weighted by Gasteiger charge is 2.29. The largest absolute Gasteiger partial charge is 0.497 e. The van der Waals surface area contributed by atoms with E-state index in [1.807, 2.05) is 12.3 Å².